The topological polar surface area (TPSA) is 101 Å². The predicted octanol–water partition coefficient (Wildman–Crippen LogP) is 3.76. The molecule has 0 spiro atoms. The first-order valence-corrected chi connectivity index (χ1v) is 8.07. The second-order valence-electron chi connectivity index (χ2n) is 5.76. The van der Waals surface area contributed by atoms with Crippen LogP contribution in [0.4, 0.5) is 10.5 Å². The Morgan fingerprint density at radius 3 is 2.54 bits per heavy atom. The molecule has 8 heteroatoms. The van der Waals surface area contributed by atoms with Gasteiger partial charge in [-0.05, 0) is 36.8 Å². The molecule has 1 heterocycles. The van der Waals surface area contributed by atoms with Crippen LogP contribution in [0, 0.1) is 10.1 Å². The quantitative estimate of drug-likeness (QED) is 0.485. The third kappa shape index (κ3) is 3.43. The van der Waals surface area contributed by atoms with Gasteiger partial charge in [-0.25, -0.2) is 4.79 Å². The maximum Gasteiger partial charge on any atom is 0.319 e. The minimum Gasteiger partial charge on any atom is -0.327 e. The summed E-state index contributed by atoms with van der Waals surface area (Å²) in [6.45, 7) is 1.62. The van der Waals surface area contributed by atoms with Crippen molar-refractivity contribution in [3.8, 4) is 0 Å². The third-order valence-electron chi connectivity index (χ3n) is 4.03. The number of amides is 2. The van der Waals surface area contributed by atoms with Gasteiger partial charge in [0.15, 0.2) is 5.78 Å². The smallest absolute Gasteiger partial charge is 0.319 e. The van der Waals surface area contributed by atoms with Gasteiger partial charge in [-0.3, -0.25) is 14.9 Å². The van der Waals surface area contributed by atoms with Crippen LogP contribution < -0.4 is 10.6 Å². The number of hydrogen-bond acceptors (Lipinski definition) is 4. The van der Waals surface area contributed by atoms with Gasteiger partial charge in [0.25, 0.3) is 5.69 Å². The van der Waals surface area contributed by atoms with Gasteiger partial charge >= 0.3 is 6.03 Å². The molecule has 2 N–H and O–H groups in total. The van der Waals surface area contributed by atoms with Crippen molar-refractivity contribution in [1.82, 2.24) is 10.6 Å². The molecule has 26 heavy (non-hydrogen) atoms. The van der Waals surface area contributed by atoms with E-state index < -0.39 is 17.0 Å². The molecule has 0 radical (unpaired) electrons. The Balaban J connectivity index is 2.07. The number of allylic oxidation sites excluding steroid dienone is 1. The number of nitrogens with zero attached hydrogens (tertiary/aromatic N) is 1. The number of Topliss-reactive ketones (excluding diaryl/α,β-unsaturated/α-hetero) is 1. The first kappa shape index (κ1) is 17.6. The summed E-state index contributed by atoms with van der Waals surface area (Å²) in [7, 11) is 0. The number of urea groups is 1. The molecule has 7 nitrogen and oxygen atoms in total. The number of ketones is 1. The van der Waals surface area contributed by atoms with Gasteiger partial charge in [-0.2, -0.15) is 0 Å². The zero-order valence-electron chi connectivity index (χ0n) is 13.7. The number of hydrogen-bond donors (Lipinski definition) is 2. The van der Waals surface area contributed by atoms with Crippen molar-refractivity contribution in [2.75, 3.05) is 0 Å². The first-order valence-electron chi connectivity index (χ1n) is 7.69. The molecule has 1 aliphatic heterocycles. The molecule has 0 unspecified atom stereocenters. The number of non-ortho nitro benzene ring substituents is 1. The van der Waals surface area contributed by atoms with E-state index in [1.165, 1.54) is 18.2 Å². The van der Waals surface area contributed by atoms with Crippen molar-refractivity contribution in [2.24, 2.45) is 0 Å². The maximum atomic E-state index is 13.0. The maximum absolute atomic E-state index is 13.0. The number of nitro benzene ring substituents is 1. The second-order valence-corrected chi connectivity index (χ2v) is 6.19. The van der Waals surface area contributed by atoms with Gasteiger partial charge in [-0.15, -0.1) is 0 Å². The van der Waals surface area contributed by atoms with Gasteiger partial charge in [-0.1, -0.05) is 23.7 Å². The Bertz CT molecular complexity index is 938. The molecule has 0 bridgehead atoms. The minimum atomic E-state index is -0.799. The Morgan fingerprint density at radius 2 is 1.88 bits per heavy atom. The average molecular weight is 372 g/mol. The van der Waals surface area contributed by atoms with E-state index in [2.05, 4.69) is 10.6 Å². The summed E-state index contributed by atoms with van der Waals surface area (Å²) in [4.78, 5) is 35.4. The van der Waals surface area contributed by atoms with Crippen LogP contribution in [0.5, 0.6) is 0 Å². The molecule has 0 aromatic heterocycles. The SMILES string of the molecule is CC1=C(C(=O)c2ccc(Cl)cc2)[C@H](c2cccc([N+](=O)[O-])c2)NC(=O)N1. The van der Waals surface area contributed by atoms with Crippen molar-refractivity contribution < 1.29 is 14.5 Å². The van der Waals surface area contributed by atoms with Crippen LogP contribution in [0.25, 0.3) is 0 Å². The zero-order chi connectivity index (χ0) is 18.8. The lowest BCUT2D eigenvalue weighted by atomic mass is 9.89. The Morgan fingerprint density at radius 1 is 1.19 bits per heavy atom. The fourth-order valence-electron chi connectivity index (χ4n) is 2.82. The molecule has 2 aromatic rings. The van der Waals surface area contributed by atoms with Crippen LogP contribution in [-0.4, -0.2) is 16.7 Å². The van der Waals surface area contributed by atoms with Gasteiger partial charge in [0.2, 0.25) is 0 Å². The van der Waals surface area contributed by atoms with Crippen LogP contribution in [0.15, 0.2) is 59.8 Å². The fraction of sp³-hybridized carbons (Fsp3) is 0.111. The molecular formula is C18H14ClN3O4. The molecule has 1 aliphatic rings. The number of nitro groups is 1. The highest BCUT2D eigenvalue weighted by Gasteiger charge is 2.32. The molecule has 0 saturated heterocycles. The summed E-state index contributed by atoms with van der Waals surface area (Å²) >= 11 is 5.87. The van der Waals surface area contributed by atoms with Gasteiger partial charge < -0.3 is 10.6 Å². The van der Waals surface area contributed by atoms with Crippen molar-refractivity contribution >= 4 is 29.1 Å². The van der Waals surface area contributed by atoms with E-state index in [-0.39, 0.29) is 11.5 Å². The number of carbonyl (C=O) groups excluding carboxylic acids is 2. The lowest BCUT2D eigenvalue weighted by Crippen LogP contribution is -2.45. The third-order valence-corrected chi connectivity index (χ3v) is 4.29. The zero-order valence-corrected chi connectivity index (χ0v) is 14.4. The largest absolute Gasteiger partial charge is 0.327 e. The Kier molecular flexibility index (Phi) is 4.73. The van der Waals surface area contributed by atoms with Crippen LogP contribution >= 0.6 is 11.6 Å². The molecule has 0 aliphatic carbocycles. The van der Waals surface area contributed by atoms with Crippen LogP contribution in [0.3, 0.4) is 0 Å². The van der Waals surface area contributed by atoms with E-state index in [1.807, 2.05) is 0 Å². The molecule has 1 atom stereocenters. The molecule has 0 saturated carbocycles. The summed E-state index contributed by atoms with van der Waals surface area (Å²) < 4.78 is 0. The summed E-state index contributed by atoms with van der Waals surface area (Å²) in [5, 5.41) is 16.8. The lowest BCUT2D eigenvalue weighted by Gasteiger charge is -2.28. The van der Waals surface area contributed by atoms with E-state index >= 15 is 0 Å². The van der Waals surface area contributed by atoms with E-state index in [4.69, 9.17) is 11.6 Å². The minimum absolute atomic E-state index is 0.119. The first-order chi connectivity index (χ1) is 12.4. The Hall–Kier alpha value is -3.19. The standard InChI is InChI=1S/C18H14ClN3O4/c1-10-15(17(23)11-5-7-13(19)8-6-11)16(21-18(24)20-10)12-3-2-4-14(9-12)22(25)26/h2-9,16H,1H3,(H2,20,21,24)/t16-/m0/s1. The van der Waals surface area contributed by atoms with Crippen LogP contribution in [0.2, 0.25) is 5.02 Å². The van der Waals surface area contributed by atoms with Crippen molar-refractivity contribution in [1.29, 1.82) is 0 Å². The van der Waals surface area contributed by atoms with Crippen molar-refractivity contribution in [3.05, 3.63) is 86.1 Å². The number of carbonyl (C=O) groups is 2. The van der Waals surface area contributed by atoms with Gasteiger partial charge in [0, 0.05) is 34.0 Å². The molecule has 3 rings (SSSR count). The highest BCUT2D eigenvalue weighted by Crippen LogP contribution is 2.31. The number of rotatable bonds is 4. The van der Waals surface area contributed by atoms with E-state index in [0.29, 0.717) is 27.4 Å². The highest BCUT2D eigenvalue weighted by molar-refractivity contribution is 6.30. The normalized spacial score (nSPS) is 16.7. The van der Waals surface area contributed by atoms with Crippen molar-refractivity contribution in [2.45, 2.75) is 13.0 Å². The number of nitrogens with one attached hydrogen (secondary N) is 2. The number of benzene rings is 2. The molecule has 2 aromatic carbocycles. The molecule has 0 fully saturated rings. The van der Waals surface area contributed by atoms with Gasteiger partial charge in [0.05, 0.1) is 11.0 Å². The van der Waals surface area contributed by atoms with Crippen molar-refractivity contribution in [3.63, 3.8) is 0 Å². The summed E-state index contributed by atoms with van der Waals surface area (Å²) in [6.07, 6.45) is 0. The summed E-state index contributed by atoms with van der Waals surface area (Å²) in [5.74, 6) is -0.303. The summed E-state index contributed by atoms with van der Waals surface area (Å²) in [5.41, 5.74) is 1.44. The Labute approximate surface area is 153 Å². The van der Waals surface area contributed by atoms with Gasteiger partial charge in [0.1, 0.15) is 0 Å². The van der Waals surface area contributed by atoms with E-state index in [0.717, 1.165) is 0 Å². The van der Waals surface area contributed by atoms with E-state index in [1.54, 1.807) is 37.3 Å². The summed E-state index contributed by atoms with van der Waals surface area (Å²) in [6, 6.07) is 10.9. The predicted molar refractivity (Wildman–Crippen MR) is 96.0 cm³/mol. The van der Waals surface area contributed by atoms with Crippen LogP contribution in [0.1, 0.15) is 28.9 Å². The fourth-order valence-corrected chi connectivity index (χ4v) is 2.95. The lowest BCUT2D eigenvalue weighted by molar-refractivity contribution is -0.384. The second kappa shape index (κ2) is 6.97. The highest BCUT2D eigenvalue weighted by atomic mass is 35.5. The average Bonchev–Trinajstić information content (AvgIpc) is 2.61. The molecular weight excluding hydrogens is 358 g/mol. The molecule has 2 amide bonds. The molecule has 132 valence electrons. The van der Waals surface area contributed by atoms with Crippen LogP contribution in [-0.2, 0) is 0 Å². The van der Waals surface area contributed by atoms with E-state index in [9.17, 15) is 19.7 Å². The monoisotopic (exact) mass is 371 g/mol. The number of halogens is 1.